The molecule has 3 rings (SSSR count). The van der Waals surface area contributed by atoms with E-state index < -0.39 is 7.44 Å². The molecule has 0 bridgehead atoms. The number of allylic oxidation sites excluding steroid dienone is 1. The second-order valence-corrected chi connectivity index (χ2v) is 8.13. The molecule has 0 N–H and O–H groups in total. The molecule has 0 saturated carbocycles. The molecular weight excluding hydrogens is 291 g/mol. The minimum absolute atomic E-state index is 0.625. The highest BCUT2D eigenvalue weighted by Gasteiger charge is 2.42. The van der Waals surface area contributed by atoms with Crippen LogP contribution in [0, 0.1) is 0 Å². The van der Waals surface area contributed by atoms with Gasteiger partial charge in [0.2, 0.25) is 0 Å². The Labute approximate surface area is 132 Å². The van der Waals surface area contributed by atoms with E-state index in [9.17, 15) is 4.57 Å². The number of nitrogens with zero attached hydrogens (tertiary/aromatic N) is 2. The van der Waals surface area contributed by atoms with Crippen LogP contribution in [0.15, 0.2) is 73.3 Å². The first kappa shape index (κ1) is 14.9. The summed E-state index contributed by atoms with van der Waals surface area (Å²) in [6, 6.07) is 20.1. The third-order valence-electron chi connectivity index (χ3n) is 4.01. The Balaban J connectivity index is 1.99. The lowest BCUT2D eigenvalue weighted by molar-refractivity contribution is 0.574. The van der Waals surface area contributed by atoms with Crippen LogP contribution in [0.5, 0.6) is 0 Å². The second kappa shape index (κ2) is 6.41. The van der Waals surface area contributed by atoms with Crippen LogP contribution < -0.4 is 9.34 Å². The maximum atomic E-state index is 13.8. The van der Waals surface area contributed by atoms with E-state index in [4.69, 9.17) is 0 Å². The van der Waals surface area contributed by atoms with Gasteiger partial charge in [0.1, 0.15) is 0 Å². The molecule has 3 nitrogen and oxygen atoms in total. The summed E-state index contributed by atoms with van der Waals surface area (Å²) in [6.07, 6.45) is 3.23. The average molecular weight is 312 g/mol. The number of hydrogen-bond donors (Lipinski definition) is 0. The lowest BCUT2D eigenvalue weighted by Crippen LogP contribution is -2.21. The number of para-hydroxylation sites is 2. The monoisotopic (exact) mass is 312 g/mol. The second-order valence-electron chi connectivity index (χ2n) is 5.38. The van der Waals surface area contributed by atoms with E-state index in [0.29, 0.717) is 6.16 Å². The van der Waals surface area contributed by atoms with Gasteiger partial charge >= 0.3 is 0 Å². The zero-order chi connectivity index (χ0) is 15.4. The fourth-order valence-corrected chi connectivity index (χ4v) is 6.01. The summed E-state index contributed by atoms with van der Waals surface area (Å²) < 4.78 is 18.0. The number of anilines is 2. The molecular formula is C18H21N2OP. The summed E-state index contributed by atoms with van der Waals surface area (Å²) in [4.78, 5) is 0. The third kappa shape index (κ3) is 2.69. The molecule has 0 spiro atoms. The van der Waals surface area contributed by atoms with Gasteiger partial charge in [0, 0.05) is 30.6 Å². The molecule has 1 heterocycles. The van der Waals surface area contributed by atoms with E-state index in [1.54, 1.807) is 0 Å². The van der Waals surface area contributed by atoms with Crippen molar-refractivity contribution in [3.63, 3.8) is 0 Å². The topological polar surface area (TPSA) is 23.6 Å². The summed E-state index contributed by atoms with van der Waals surface area (Å²) in [7, 11) is -2.66. The Kier molecular flexibility index (Phi) is 4.35. The first-order valence-electron chi connectivity index (χ1n) is 7.62. The van der Waals surface area contributed by atoms with Gasteiger partial charge in [-0.15, -0.1) is 6.58 Å². The molecule has 1 aliphatic heterocycles. The van der Waals surface area contributed by atoms with Crippen molar-refractivity contribution in [3.8, 4) is 0 Å². The lowest BCUT2D eigenvalue weighted by Gasteiger charge is -2.32. The molecule has 1 aliphatic rings. The standard InChI is InChI=1S/C18H21N2OP/c1-2-3-16-22(21)19(17-10-6-4-7-11-17)14-15-20(22)18-12-8-5-9-13-18/h2,4-13H,1,3,14-16H2. The zero-order valence-corrected chi connectivity index (χ0v) is 13.5. The molecule has 0 radical (unpaired) electrons. The van der Waals surface area contributed by atoms with E-state index in [0.717, 1.165) is 30.9 Å². The fraction of sp³-hybridized carbons (Fsp3) is 0.222. The van der Waals surface area contributed by atoms with Gasteiger partial charge in [-0.05, 0) is 30.7 Å². The SMILES string of the molecule is C=CCCP1(=O)N(c2ccccc2)CCN1c1ccccc1. The largest absolute Gasteiger partial charge is 0.305 e. The van der Waals surface area contributed by atoms with Crippen molar-refractivity contribution < 1.29 is 4.57 Å². The van der Waals surface area contributed by atoms with Crippen LogP contribution in [0.2, 0.25) is 0 Å². The van der Waals surface area contributed by atoms with Crippen molar-refractivity contribution >= 4 is 18.8 Å². The zero-order valence-electron chi connectivity index (χ0n) is 12.6. The molecule has 0 unspecified atom stereocenters. The lowest BCUT2D eigenvalue weighted by atomic mass is 10.3. The molecule has 4 heteroatoms. The van der Waals surface area contributed by atoms with Gasteiger partial charge in [0.25, 0.3) is 7.44 Å². The third-order valence-corrected chi connectivity index (χ3v) is 7.22. The number of hydrogen-bond acceptors (Lipinski definition) is 1. The Hall–Kier alpha value is -1.99. The fourth-order valence-electron chi connectivity index (χ4n) is 2.95. The van der Waals surface area contributed by atoms with Crippen molar-refractivity contribution in [3.05, 3.63) is 73.3 Å². The molecule has 1 fully saturated rings. The molecule has 2 aromatic carbocycles. The highest BCUT2D eigenvalue weighted by atomic mass is 31.2. The quantitative estimate of drug-likeness (QED) is 0.586. The van der Waals surface area contributed by atoms with Crippen LogP contribution in [-0.2, 0) is 4.57 Å². The smallest absolute Gasteiger partial charge is 0.263 e. The number of rotatable bonds is 5. The van der Waals surface area contributed by atoms with Crippen molar-refractivity contribution in [1.82, 2.24) is 0 Å². The van der Waals surface area contributed by atoms with Crippen LogP contribution in [-0.4, -0.2) is 19.3 Å². The van der Waals surface area contributed by atoms with Crippen LogP contribution in [0.25, 0.3) is 0 Å². The van der Waals surface area contributed by atoms with Crippen molar-refractivity contribution in [1.29, 1.82) is 0 Å². The van der Waals surface area contributed by atoms with Crippen molar-refractivity contribution in [2.24, 2.45) is 0 Å². The van der Waals surface area contributed by atoms with Gasteiger partial charge in [-0.2, -0.15) is 0 Å². The van der Waals surface area contributed by atoms with Crippen molar-refractivity contribution in [2.75, 3.05) is 28.6 Å². The van der Waals surface area contributed by atoms with E-state index in [1.807, 2.05) is 66.7 Å². The minimum Gasteiger partial charge on any atom is -0.305 e. The summed E-state index contributed by atoms with van der Waals surface area (Å²) in [5, 5.41) is 0. The molecule has 22 heavy (non-hydrogen) atoms. The van der Waals surface area contributed by atoms with Crippen LogP contribution in [0.1, 0.15) is 6.42 Å². The maximum absolute atomic E-state index is 13.8. The van der Waals surface area contributed by atoms with Gasteiger partial charge < -0.3 is 9.34 Å². The first-order valence-corrected chi connectivity index (χ1v) is 9.41. The Morgan fingerprint density at radius 1 is 0.909 bits per heavy atom. The van der Waals surface area contributed by atoms with Crippen LogP contribution in [0.4, 0.5) is 11.4 Å². The van der Waals surface area contributed by atoms with E-state index in [1.165, 1.54) is 0 Å². The van der Waals surface area contributed by atoms with Crippen LogP contribution in [0.3, 0.4) is 0 Å². The normalized spacial score (nSPS) is 16.7. The molecule has 0 aromatic heterocycles. The van der Waals surface area contributed by atoms with Gasteiger partial charge in [0.15, 0.2) is 0 Å². The highest BCUT2D eigenvalue weighted by molar-refractivity contribution is 7.67. The average Bonchev–Trinajstić information content (AvgIpc) is 2.92. The van der Waals surface area contributed by atoms with Gasteiger partial charge in [0.05, 0.1) is 0 Å². The van der Waals surface area contributed by atoms with E-state index >= 15 is 0 Å². The van der Waals surface area contributed by atoms with E-state index in [-0.39, 0.29) is 0 Å². The predicted molar refractivity (Wildman–Crippen MR) is 94.9 cm³/mol. The Morgan fingerprint density at radius 3 is 1.77 bits per heavy atom. The Bertz CT molecular complexity index is 621. The van der Waals surface area contributed by atoms with Gasteiger partial charge in [-0.1, -0.05) is 42.5 Å². The molecule has 0 atom stereocenters. The minimum atomic E-state index is -2.66. The number of benzene rings is 2. The first-order chi connectivity index (χ1) is 10.8. The summed E-state index contributed by atoms with van der Waals surface area (Å²) in [5.74, 6) is 0. The summed E-state index contributed by atoms with van der Waals surface area (Å²) in [5.41, 5.74) is 2.07. The highest BCUT2D eigenvalue weighted by Crippen LogP contribution is 2.60. The Morgan fingerprint density at radius 2 is 1.36 bits per heavy atom. The van der Waals surface area contributed by atoms with E-state index in [2.05, 4.69) is 15.9 Å². The molecule has 1 saturated heterocycles. The molecule has 0 amide bonds. The van der Waals surface area contributed by atoms with Crippen LogP contribution >= 0.6 is 7.44 Å². The summed E-state index contributed by atoms with van der Waals surface area (Å²) >= 11 is 0. The molecule has 114 valence electrons. The van der Waals surface area contributed by atoms with Crippen molar-refractivity contribution in [2.45, 2.75) is 6.42 Å². The molecule has 2 aromatic rings. The maximum Gasteiger partial charge on any atom is 0.263 e. The van der Waals surface area contributed by atoms with Gasteiger partial charge in [-0.25, -0.2) is 0 Å². The predicted octanol–water partition coefficient (Wildman–Crippen LogP) is 4.78. The molecule has 0 aliphatic carbocycles. The summed E-state index contributed by atoms with van der Waals surface area (Å²) in [6.45, 7) is 5.36. The van der Waals surface area contributed by atoms with Gasteiger partial charge in [-0.3, -0.25) is 4.57 Å².